The fourth-order valence-corrected chi connectivity index (χ4v) is 3.01. The number of alkyl halides is 3. The van der Waals surface area contributed by atoms with Gasteiger partial charge in [-0.1, -0.05) is 18.2 Å². The molecule has 0 aromatic heterocycles. The van der Waals surface area contributed by atoms with Gasteiger partial charge in [-0.3, -0.25) is 0 Å². The van der Waals surface area contributed by atoms with Crippen molar-refractivity contribution in [2.45, 2.75) is 43.8 Å². The Balaban J connectivity index is 2.38. The average molecular weight is 287 g/mol. The van der Waals surface area contributed by atoms with Crippen LogP contribution >= 0.6 is 0 Å². The molecule has 1 heterocycles. The van der Waals surface area contributed by atoms with E-state index in [1.54, 1.807) is 6.07 Å². The summed E-state index contributed by atoms with van der Waals surface area (Å²) >= 11 is 0. The first kappa shape index (κ1) is 15.3. The van der Waals surface area contributed by atoms with Gasteiger partial charge in [0.2, 0.25) is 0 Å². The molecule has 0 bridgehead atoms. The molecular weight excluding hydrogens is 267 g/mol. The Hall–Kier alpha value is -1.07. The van der Waals surface area contributed by atoms with E-state index < -0.39 is 11.7 Å². The fourth-order valence-electron chi connectivity index (χ4n) is 3.01. The first-order valence-corrected chi connectivity index (χ1v) is 6.85. The van der Waals surface area contributed by atoms with Crippen LogP contribution in [-0.2, 0) is 16.3 Å². The quantitative estimate of drug-likeness (QED) is 0.923. The van der Waals surface area contributed by atoms with Gasteiger partial charge in [0.25, 0.3) is 0 Å². The average Bonchev–Trinajstić information content (AvgIpc) is 2.38. The number of hydrogen-bond acceptors (Lipinski definition) is 2. The molecule has 1 saturated heterocycles. The van der Waals surface area contributed by atoms with E-state index in [2.05, 4.69) is 0 Å². The maximum Gasteiger partial charge on any atom is 0.416 e. The summed E-state index contributed by atoms with van der Waals surface area (Å²) in [5, 5.41) is 0. The SMILES string of the molecule is CC(N)CC1(c2cccc(C(F)(F)F)c2)CCOCC1. The molecule has 1 aromatic rings. The molecule has 1 fully saturated rings. The molecule has 2 rings (SSSR count). The van der Waals surface area contributed by atoms with Crippen LogP contribution in [0.15, 0.2) is 24.3 Å². The van der Waals surface area contributed by atoms with E-state index in [0.717, 1.165) is 24.5 Å². The van der Waals surface area contributed by atoms with Crippen LogP contribution in [0.4, 0.5) is 13.2 Å². The highest BCUT2D eigenvalue weighted by Crippen LogP contribution is 2.40. The highest BCUT2D eigenvalue weighted by atomic mass is 19.4. The molecule has 1 aliphatic rings. The number of nitrogens with two attached hydrogens (primary N) is 1. The Morgan fingerprint density at radius 3 is 2.50 bits per heavy atom. The molecule has 5 heteroatoms. The van der Waals surface area contributed by atoms with Crippen LogP contribution in [0, 0.1) is 0 Å². The van der Waals surface area contributed by atoms with E-state index in [9.17, 15) is 13.2 Å². The molecule has 112 valence electrons. The van der Waals surface area contributed by atoms with Gasteiger partial charge in [-0.2, -0.15) is 13.2 Å². The standard InChI is InChI=1S/C15H20F3NO/c1-11(19)10-14(5-7-20-8-6-14)12-3-2-4-13(9-12)15(16,17)18/h2-4,9,11H,5-8,10,19H2,1H3. The van der Waals surface area contributed by atoms with Crippen molar-refractivity contribution in [2.75, 3.05) is 13.2 Å². The van der Waals surface area contributed by atoms with Gasteiger partial charge in [0.05, 0.1) is 5.56 Å². The predicted octanol–water partition coefficient (Wildman–Crippen LogP) is 3.49. The Labute approximate surface area is 117 Å². The van der Waals surface area contributed by atoms with Crippen LogP contribution in [0.25, 0.3) is 0 Å². The Kier molecular flexibility index (Phi) is 4.39. The lowest BCUT2D eigenvalue weighted by Crippen LogP contribution is -2.38. The van der Waals surface area contributed by atoms with Crippen molar-refractivity contribution in [3.63, 3.8) is 0 Å². The van der Waals surface area contributed by atoms with Gasteiger partial charge in [0.1, 0.15) is 0 Å². The van der Waals surface area contributed by atoms with Crippen molar-refractivity contribution >= 4 is 0 Å². The lowest BCUT2D eigenvalue weighted by molar-refractivity contribution is -0.137. The van der Waals surface area contributed by atoms with Gasteiger partial charge >= 0.3 is 6.18 Å². The van der Waals surface area contributed by atoms with Crippen molar-refractivity contribution in [3.05, 3.63) is 35.4 Å². The number of hydrogen-bond donors (Lipinski definition) is 1. The van der Waals surface area contributed by atoms with Crippen LogP contribution in [0.3, 0.4) is 0 Å². The molecule has 0 radical (unpaired) electrons. The molecule has 1 aromatic carbocycles. The topological polar surface area (TPSA) is 35.2 Å². The van der Waals surface area contributed by atoms with Gasteiger partial charge < -0.3 is 10.5 Å². The van der Waals surface area contributed by atoms with Gasteiger partial charge in [-0.05, 0) is 37.8 Å². The van der Waals surface area contributed by atoms with Gasteiger partial charge in [-0.25, -0.2) is 0 Å². The maximum atomic E-state index is 12.9. The molecule has 0 amide bonds. The highest BCUT2D eigenvalue weighted by Gasteiger charge is 2.37. The fraction of sp³-hybridized carbons (Fsp3) is 0.600. The molecule has 1 aliphatic heterocycles. The molecule has 1 unspecified atom stereocenters. The van der Waals surface area contributed by atoms with Gasteiger partial charge in [0, 0.05) is 24.7 Å². The van der Waals surface area contributed by atoms with E-state index in [1.807, 2.05) is 6.92 Å². The molecule has 0 aliphatic carbocycles. The van der Waals surface area contributed by atoms with Crippen molar-refractivity contribution < 1.29 is 17.9 Å². The third kappa shape index (κ3) is 3.33. The summed E-state index contributed by atoms with van der Waals surface area (Å²) < 4.78 is 44.0. The zero-order valence-electron chi connectivity index (χ0n) is 11.5. The third-order valence-electron chi connectivity index (χ3n) is 3.96. The van der Waals surface area contributed by atoms with E-state index in [1.165, 1.54) is 12.1 Å². The number of ether oxygens (including phenoxy) is 1. The van der Waals surface area contributed by atoms with Gasteiger partial charge in [-0.15, -0.1) is 0 Å². The molecule has 2 nitrogen and oxygen atoms in total. The van der Waals surface area contributed by atoms with Crippen molar-refractivity contribution in [1.29, 1.82) is 0 Å². The van der Waals surface area contributed by atoms with Crippen molar-refractivity contribution in [2.24, 2.45) is 5.73 Å². The van der Waals surface area contributed by atoms with E-state index in [-0.39, 0.29) is 11.5 Å². The molecular formula is C15H20F3NO. The summed E-state index contributed by atoms with van der Waals surface area (Å²) in [6, 6.07) is 5.60. The predicted molar refractivity (Wildman–Crippen MR) is 71.4 cm³/mol. The lowest BCUT2D eigenvalue weighted by atomic mass is 9.70. The van der Waals surface area contributed by atoms with Crippen LogP contribution in [-0.4, -0.2) is 19.3 Å². The first-order valence-electron chi connectivity index (χ1n) is 6.85. The van der Waals surface area contributed by atoms with Crippen molar-refractivity contribution in [3.8, 4) is 0 Å². The first-order chi connectivity index (χ1) is 9.33. The van der Waals surface area contributed by atoms with Crippen LogP contribution < -0.4 is 5.73 Å². The summed E-state index contributed by atoms with van der Waals surface area (Å²) in [6.07, 6.45) is -2.19. The normalized spacial score (nSPS) is 20.6. The second-order valence-corrected chi connectivity index (χ2v) is 5.65. The second-order valence-electron chi connectivity index (χ2n) is 5.65. The van der Waals surface area contributed by atoms with Crippen molar-refractivity contribution in [1.82, 2.24) is 0 Å². The number of halogens is 3. The third-order valence-corrected chi connectivity index (χ3v) is 3.96. The zero-order valence-corrected chi connectivity index (χ0v) is 11.5. The monoisotopic (exact) mass is 287 g/mol. The molecule has 1 atom stereocenters. The minimum Gasteiger partial charge on any atom is -0.381 e. The summed E-state index contributed by atoms with van der Waals surface area (Å²) in [4.78, 5) is 0. The van der Waals surface area contributed by atoms with Crippen LogP contribution in [0.2, 0.25) is 0 Å². The Morgan fingerprint density at radius 2 is 1.95 bits per heavy atom. The van der Waals surface area contributed by atoms with E-state index >= 15 is 0 Å². The highest BCUT2D eigenvalue weighted by molar-refractivity contribution is 5.32. The summed E-state index contributed by atoms with van der Waals surface area (Å²) in [6.45, 7) is 3.04. The minimum absolute atomic E-state index is 0.0531. The Morgan fingerprint density at radius 1 is 1.30 bits per heavy atom. The summed E-state index contributed by atoms with van der Waals surface area (Å²) in [7, 11) is 0. The molecule has 2 N–H and O–H groups in total. The largest absolute Gasteiger partial charge is 0.416 e. The maximum absolute atomic E-state index is 12.9. The second kappa shape index (κ2) is 5.74. The molecule has 20 heavy (non-hydrogen) atoms. The minimum atomic E-state index is -4.31. The Bertz CT molecular complexity index is 451. The lowest BCUT2D eigenvalue weighted by Gasteiger charge is -2.39. The number of rotatable bonds is 3. The zero-order chi connectivity index (χ0) is 14.8. The van der Waals surface area contributed by atoms with Gasteiger partial charge in [0.15, 0.2) is 0 Å². The summed E-state index contributed by atoms with van der Waals surface area (Å²) in [5.41, 5.74) is 5.75. The van der Waals surface area contributed by atoms with Crippen LogP contribution in [0.5, 0.6) is 0 Å². The van der Waals surface area contributed by atoms with Crippen LogP contribution in [0.1, 0.15) is 37.3 Å². The molecule has 0 spiro atoms. The van der Waals surface area contributed by atoms with E-state index in [4.69, 9.17) is 10.5 Å². The van der Waals surface area contributed by atoms with E-state index in [0.29, 0.717) is 19.6 Å². The summed E-state index contributed by atoms with van der Waals surface area (Å²) in [5.74, 6) is 0. The molecule has 0 saturated carbocycles. The smallest absolute Gasteiger partial charge is 0.381 e. The number of benzene rings is 1.